The van der Waals surface area contributed by atoms with Crippen LogP contribution in [0.15, 0.2) is 0 Å². The molecular weight excluding hydrogens is 250 g/mol. The number of nitrogens with one attached hydrogen (secondary N) is 1. The van der Waals surface area contributed by atoms with Gasteiger partial charge in [0, 0.05) is 17.8 Å². The van der Waals surface area contributed by atoms with Crippen molar-refractivity contribution in [2.45, 2.75) is 75.8 Å². The molecule has 0 heterocycles. The van der Waals surface area contributed by atoms with Crippen molar-refractivity contribution in [2.75, 3.05) is 6.26 Å². The Kier molecular flexibility index (Phi) is 4.51. The van der Waals surface area contributed by atoms with E-state index in [-0.39, 0.29) is 11.3 Å². The Morgan fingerprint density at radius 3 is 2.17 bits per heavy atom. The average molecular weight is 277 g/mol. The normalized spacial score (nSPS) is 27.2. The number of aliphatic hydroxyl groups is 1. The summed E-state index contributed by atoms with van der Waals surface area (Å²) >= 11 is 0. The van der Waals surface area contributed by atoms with Crippen LogP contribution >= 0.6 is 0 Å². The number of sulfone groups is 1. The monoisotopic (exact) mass is 277 g/mol. The van der Waals surface area contributed by atoms with Gasteiger partial charge in [0.25, 0.3) is 0 Å². The van der Waals surface area contributed by atoms with Crippen molar-refractivity contribution in [1.82, 2.24) is 5.32 Å². The molecule has 1 aliphatic rings. The quantitative estimate of drug-likeness (QED) is 0.817. The van der Waals surface area contributed by atoms with E-state index in [9.17, 15) is 13.5 Å². The zero-order valence-electron chi connectivity index (χ0n) is 12.2. The van der Waals surface area contributed by atoms with Crippen LogP contribution in [0.25, 0.3) is 0 Å². The fourth-order valence-corrected chi connectivity index (χ4v) is 3.53. The summed E-state index contributed by atoms with van der Waals surface area (Å²) in [5.41, 5.74) is -1.28. The summed E-state index contributed by atoms with van der Waals surface area (Å²) in [5.74, 6) is 0. The van der Waals surface area contributed by atoms with Gasteiger partial charge in [-0.3, -0.25) is 0 Å². The molecule has 5 heteroatoms. The highest BCUT2D eigenvalue weighted by Crippen LogP contribution is 2.28. The number of hydrogen-bond donors (Lipinski definition) is 2. The van der Waals surface area contributed by atoms with E-state index in [2.05, 4.69) is 5.32 Å². The molecule has 2 unspecified atom stereocenters. The van der Waals surface area contributed by atoms with Crippen LogP contribution < -0.4 is 5.32 Å². The zero-order valence-corrected chi connectivity index (χ0v) is 13.0. The van der Waals surface area contributed by atoms with Crippen molar-refractivity contribution >= 4 is 9.84 Å². The SMILES string of the molecule is CC(C)(O)C(C)(C)NC1CCCC(S(C)(=O)=O)C1. The maximum absolute atomic E-state index is 11.6. The first-order valence-electron chi connectivity index (χ1n) is 6.62. The minimum absolute atomic E-state index is 0.167. The Bertz CT molecular complexity index is 382. The number of hydrogen-bond acceptors (Lipinski definition) is 4. The predicted octanol–water partition coefficient (Wildman–Crippen LogP) is 1.48. The first kappa shape index (κ1) is 15.9. The van der Waals surface area contributed by atoms with E-state index in [4.69, 9.17) is 0 Å². The maximum atomic E-state index is 11.6. The highest BCUT2D eigenvalue weighted by molar-refractivity contribution is 7.91. The summed E-state index contributed by atoms with van der Waals surface area (Å²) in [6.07, 6.45) is 4.64. The summed E-state index contributed by atoms with van der Waals surface area (Å²) < 4.78 is 23.2. The van der Waals surface area contributed by atoms with E-state index in [1.54, 1.807) is 13.8 Å². The molecule has 0 radical (unpaired) electrons. The van der Waals surface area contributed by atoms with Crippen LogP contribution in [0.2, 0.25) is 0 Å². The van der Waals surface area contributed by atoms with E-state index in [0.717, 1.165) is 19.3 Å². The molecule has 0 aromatic carbocycles. The van der Waals surface area contributed by atoms with E-state index in [0.29, 0.717) is 6.42 Å². The molecule has 108 valence electrons. The Morgan fingerprint density at radius 1 is 1.17 bits per heavy atom. The summed E-state index contributed by atoms with van der Waals surface area (Å²) in [6.45, 7) is 7.46. The smallest absolute Gasteiger partial charge is 0.150 e. The molecule has 1 rings (SSSR count). The fourth-order valence-electron chi connectivity index (χ4n) is 2.35. The van der Waals surface area contributed by atoms with Gasteiger partial charge < -0.3 is 10.4 Å². The first-order chi connectivity index (χ1) is 7.93. The summed E-state index contributed by atoms with van der Waals surface area (Å²) in [4.78, 5) is 0. The Morgan fingerprint density at radius 2 is 1.72 bits per heavy atom. The van der Waals surface area contributed by atoms with Crippen LogP contribution in [0.1, 0.15) is 53.4 Å². The lowest BCUT2D eigenvalue weighted by Crippen LogP contribution is -2.60. The van der Waals surface area contributed by atoms with Crippen molar-refractivity contribution in [1.29, 1.82) is 0 Å². The van der Waals surface area contributed by atoms with Gasteiger partial charge in [0.15, 0.2) is 0 Å². The molecule has 1 saturated carbocycles. The molecule has 0 amide bonds. The lowest BCUT2D eigenvalue weighted by atomic mass is 9.83. The molecule has 0 saturated heterocycles. The lowest BCUT2D eigenvalue weighted by molar-refractivity contribution is -0.0120. The molecule has 0 bridgehead atoms. The van der Waals surface area contributed by atoms with E-state index in [1.165, 1.54) is 6.26 Å². The van der Waals surface area contributed by atoms with Gasteiger partial charge in [0.2, 0.25) is 0 Å². The van der Waals surface area contributed by atoms with Crippen molar-refractivity contribution in [3.63, 3.8) is 0 Å². The predicted molar refractivity (Wildman–Crippen MR) is 74.4 cm³/mol. The second-order valence-corrected chi connectivity index (χ2v) is 8.97. The van der Waals surface area contributed by atoms with Gasteiger partial charge in [0.05, 0.1) is 10.9 Å². The van der Waals surface area contributed by atoms with Gasteiger partial charge in [-0.25, -0.2) is 8.42 Å². The third-order valence-corrected chi connectivity index (χ3v) is 5.97. The highest BCUT2D eigenvalue weighted by Gasteiger charge is 2.38. The zero-order chi connectivity index (χ0) is 14.2. The molecule has 2 N–H and O–H groups in total. The second kappa shape index (κ2) is 5.10. The molecule has 2 atom stereocenters. The summed E-state index contributed by atoms with van der Waals surface area (Å²) in [6, 6.07) is 0.167. The molecule has 1 aliphatic carbocycles. The van der Waals surface area contributed by atoms with Crippen LogP contribution in [0, 0.1) is 0 Å². The van der Waals surface area contributed by atoms with Gasteiger partial charge >= 0.3 is 0 Å². The summed E-state index contributed by atoms with van der Waals surface area (Å²) in [5, 5.41) is 13.3. The third kappa shape index (κ3) is 3.93. The van der Waals surface area contributed by atoms with E-state index in [1.807, 2.05) is 13.8 Å². The van der Waals surface area contributed by atoms with Gasteiger partial charge in [-0.2, -0.15) is 0 Å². The highest BCUT2D eigenvalue weighted by atomic mass is 32.2. The minimum atomic E-state index is -2.95. The molecule has 0 aliphatic heterocycles. The van der Waals surface area contributed by atoms with Crippen molar-refractivity contribution in [3.05, 3.63) is 0 Å². The molecule has 4 nitrogen and oxygen atoms in total. The van der Waals surface area contributed by atoms with Gasteiger partial charge in [-0.1, -0.05) is 6.42 Å². The van der Waals surface area contributed by atoms with Crippen LogP contribution in [-0.2, 0) is 9.84 Å². The molecular formula is C13H27NO3S. The maximum Gasteiger partial charge on any atom is 0.150 e. The van der Waals surface area contributed by atoms with E-state index >= 15 is 0 Å². The van der Waals surface area contributed by atoms with Gasteiger partial charge in [0.1, 0.15) is 9.84 Å². The number of rotatable bonds is 4. The molecule has 0 aromatic rings. The minimum Gasteiger partial charge on any atom is -0.389 e. The molecule has 18 heavy (non-hydrogen) atoms. The van der Waals surface area contributed by atoms with Gasteiger partial charge in [-0.15, -0.1) is 0 Å². The molecule has 1 fully saturated rings. The second-order valence-electron chi connectivity index (χ2n) is 6.64. The first-order valence-corrected chi connectivity index (χ1v) is 8.58. The summed E-state index contributed by atoms with van der Waals surface area (Å²) in [7, 11) is -2.95. The molecule has 0 aromatic heterocycles. The largest absolute Gasteiger partial charge is 0.389 e. The van der Waals surface area contributed by atoms with E-state index < -0.39 is 21.0 Å². The van der Waals surface area contributed by atoms with Crippen molar-refractivity contribution in [3.8, 4) is 0 Å². The lowest BCUT2D eigenvalue weighted by Gasteiger charge is -2.43. The topological polar surface area (TPSA) is 66.4 Å². The standard InChI is InChI=1S/C13H27NO3S/c1-12(2,13(3,4)15)14-10-7-6-8-11(9-10)18(5,16)17/h10-11,14-15H,6-9H2,1-5H3. The van der Waals surface area contributed by atoms with Crippen molar-refractivity contribution in [2.24, 2.45) is 0 Å². The van der Waals surface area contributed by atoms with Crippen LogP contribution in [-0.4, -0.2) is 42.2 Å². The average Bonchev–Trinajstić information content (AvgIpc) is 2.14. The van der Waals surface area contributed by atoms with Crippen molar-refractivity contribution < 1.29 is 13.5 Å². The molecule has 0 spiro atoms. The fraction of sp³-hybridized carbons (Fsp3) is 1.00. The van der Waals surface area contributed by atoms with Crippen LogP contribution in [0.5, 0.6) is 0 Å². The van der Waals surface area contributed by atoms with Gasteiger partial charge in [-0.05, 0) is 47.0 Å². The Balaban J connectivity index is 2.70. The Labute approximate surface area is 111 Å². The van der Waals surface area contributed by atoms with Crippen LogP contribution in [0.4, 0.5) is 0 Å². The van der Waals surface area contributed by atoms with Crippen LogP contribution in [0.3, 0.4) is 0 Å². The Hall–Kier alpha value is -0.130. The third-order valence-electron chi connectivity index (χ3n) is 4.33.